The highest BCUT2D eigenvalue weighted by molar-refractivity contribution is 7.90. The molecular weight excluding hydrogens is 595 g/mol. The fourth-order valence-electron chi connectivity index (χ4n) is 9.97. The molecule has 2 amide bonds. The lowest BCUT2D eigenvalue weighted by Gasteiger charge is -2.61. The number of fused-ring (bicyclic) bond motifs is 5. The fourth-order valence-corrected chi connectivity index (χ4v) is 11.7. The van der Waals surface area contributed by atoms with Gasteiger partial charge in [-0.1, -0.05) is 50.0 Å². The number of aliphatic hydroxyl groups excluding tert-OH is 1. The second-order valence-electron chi connectivity index (χ2n) is 14.2. The summed E-state index contributed by atoms with van der Waals surface area (Å²) in [6.07, 6.45) is 11.6. The Kier molecular flexibility index (Phi) is 9.32. The molecule has 0 aliphatic heterocycles. The van der Waals surface area contributed by atoms with Crippen molar-refractivity contribution >= 4 is 45.0 Å². The summed E-state index contributed by atoms with van der Waals surface area (Å²) in [6.45, 7) is 6.87. The molecular formula is C32H46Cl2N2O5S. The van der Waals surface area contributed by atoms with Gasteiger partial charge in [-0.05, 0) is 123 Å². The molecule has 4 aliphatic rings. The molecule has 0 radical (unpaired) electrons. The van der Waals surface area contributed by atoms with Crippen LogP contribution in [0.4, 0.5) is 0 Å². The molecule has 1 aromatic rings. The van der Waals surface area contributed by atoms with Gasteiger partial charge in [0, 0.05) is 6.42 Å². The Morgan fingerprint density at radius 2 is 1.71 bits per heavy atom. The number of hydrogen-bond acceptors (Lipinski definition) is 5. The van der Waals surface area contributed by atoms with Crippen molar-refractivity contribution in [1.82, 2.24) is 10.0 Å². The summed E-state index contributed by atoms with van der Waals surface area (Å²) in [5.74, 6) is 2.81. The third kappa shape index (κ3) is 5.99. The molecule has 9 atom stereocenters. The van der Waals surface area contributed by atoms with E-state index < -0.39 is 22.5 Å². The Hall–Kier alpha value is -1.35. The maximum Gasteiger partial charge on any atom is 0.265 e. The maximum atomic E-state index is 12.6. The number of halogens is 2. The Morgan fingerprint density at radius 3 is 2.48 bits per heavy atom. The lowest BCUT2D eigenvalue weighted by molar-refractivity contribution is -0.130. The summed E-state index contributed by atoms with van der Waals surface area (Å²) < 4.78 is 27.1. The summed E-state index contributed by atoms with van der Waals surface area (Å²) in [6, 6.07) is 4.15. The first-order valence-corrected chi connectivity index (χ1v) is 17.9. The highest BCUT2D eigenvalue weighted by Gasteiger charge is 2.60. The Bertz CT molecular complexity index is 1310. The molecule has 4 saturated carbocycles. The standard InChI is InChI=1S/C32H46Cl2N2O5S/c1-19(7-12-28(38)35-18-29(39)36-42(40,41)27-6-4-5-26(33)30(27)34)23-10-11-24-22-9-8-20-17-21(37)13-15-31(20,2)25(22)14-16-32(23,24)3/h4-6,19-25,37H,7-18H2,1-3H3,(H,35,38)(H,36,39)/t19-,20-,21+,22+,23-,24+,25+,31+,32-/m1/s1. The molecule has 0 unspecified atom stereocenters. The van der Waals surface area contributed by atoms with Crippen LogP contribution in [0.15, 0.2) is 23.1 Å². The second kappa shape index (κ2) is 12.2. The van der Waals surface area contributed by atoms with E-state index in [0.29, 0.717) is 35.0 Å². The number of amides is 2. The van der Waals surface area contributed by atoms with Gasteiger partial charge in [0.1, 0.15) is 4.90 Å². The van der Waals surface area contributed by atoms with Gasteiger partial charge >= 0.3 is 0 Å². The highest BCUT2D eigenvalue weighted by atomic mass is 35.5. The van der Waals surface area contributed by atoms with E-state index in [1.54, 1.807) is 0 Å². The second-order valence-corrected chi connectivity index (χ2v) is 16.6. The van der Waals surface area contributed by atoms with Crippen LogP contribution < -0.4 is 10.0 Å². The summed E-state index contributed by atoms with van der Waals surface area (Å²) in [7, 11) is -4.22. The normalized spacial score (nSPS) is 36.7. The van der Waals surface area contributed by atoms with Crippen LogP contribution in [0.5, 0.6) is 0 Å². The molecule has 0 bridgehead atoms. The fraction of sp³-hybridized carbons (Fsp3) is 0.750. The molecule has 0 heterocycles. The number of aliphatic hydroxyl groups is 1. The summed E-state index contributed by atoms with van der Waals surface area (Å²) in [5, 5.41) is 12.8. The summed E-state index contributed by atoms with van der Waals surface area (Å²) in [4.78, 5) is 24.7. The van der Waals surface area contributed by atoms with Crippen molar-refractivity contribution in [2.45, 2.75) is 102 Å². The van der Waals surface area contributed by atoms with Crippen molar-refractivity contribution < 1.29 is 23.1 Å². The maximum absolute atomic E-state index is 12.6. The van der Waals surface area contributed by atoms with Crippen LogP contribution in [0.25, 0.3) is 0 Å². The lowest BCUT2D eigenvalue weighted by atomic mass is 9.44. The zero-order valence-electron chi connectivity index (χ0n) is 25.0. The number of hydrogen-bond donors (Lipinski definition) is 3. The van der Waals surface area contributed by atoms with Crippen molar-refractivity contribution in [3.63, 3.8) is 0 Å². The van der Waals surface area contributed by atoms with E-state index in [4.69, 9.17) is 23.2 Å². The van der Waals surface area contributed by atoms with E-state index in [0.717, 1.165) is 43.4 Å². The monoisotopic (exact) mass is 640 g/mol. The zero-order chi connectivity index (χ0) is 30.4. The molecule has 7 nitrogen and oxygen atoms in total. The molecule has 42 heavy (non-hydrogen) atoms. The predicted octanol–water partition coefficient (Wildman–Crippen LogP) is 6.35. The van der Waals surface area contributed by atoms with Gasteiger partial charge in [-0.3, -0.25) is 9.59 Å². The Labute approximate surface area is 260 Å². The molecule has 3 N–H and O–H groups in total. The number of carbonyl (C=O) groups excluding carboxylic acids is 2. The van der Waals surface area contributed by atoms with Gasteiger partial charge in [-0.15, -0.1) is 0 Å². The van der Waals surface area contributed by atoms with Gasteiger partial charge in [-0.2, -0.15) is 0 Å². The molecule has 4 fully saturated rings. The van der Waals surface area contributed by atoms with Crippen molar-refractivity contribution in [1.29, 1.82) is 0 Å². The Balaban J connectivity index is 1.12. The third-order valence-electron chi connectivity index (χ3n) is 12.1. The largest absolute Gasteiger partial charge is 0.393 e. The van der Waals surface area contributed by atoms with Crippen LogP contribution in [0.2, 0.25) is 10.0 Å². The third-order valence-corrected chi connectivity index (χ3v) is 14.5. The van der Waals surface area contributed by atoms with Gasteiger partial charge in [0.25, 0.3) is 15.9 Å². The van der Waals surface area contributed by atoms with Gasteiger partial charge in [0.15, 0.2) is 0 Å². The van der Waals surface area contributed by atoms with Gasteiger partial charge in [0.2, 0.25) is 5.91 Å². The first kappa shape index (κ1) is 32.1. The number of sulfonamides is 1. The number of carbonyl (C=O) groups is 2. The van der Waals surface area contributed by atoms with Crippen LogP contribution in [-0.2, 0) is 19.6 Å². The van der Waals surface area contributed by atoms with Crippen molar-refractivity contribution in [3.8, 4) is 0 Å². The molecule has 1 aromatic carbocycles. The molecule has 234 valence electrons. The van der Waals surface area contributed by atoms with Crippen molar-refractivity contribution in [3.05, 3.63) is 28.2 Å². The topological polar surface area (TPSA) is 113 Å². The lowest BCUT2D eigenvalue weighted by Crippen LogP contribution is -2.54. The Morgan fingerprint density at radius 1 is 1.00 bits per heavy atom. The van der Waals surface area contributed by atoms with Crippen LogP contribution in [0, 0.1) is 46.3 Å². The summed E-state index contributed by atoms with van der Waals surface area (Å²) in [5.41, 5.74) is 0.668. The van der Waals surface area contributed by atoms with Crippen LogP contribution in [0.1, 0.15) is 91.4 Å². The predicted molar refractivity (Wildman–Crippen MR) is 164 cm³/mol. The zero-order valence-corrected chi connectivity index (χ0v) is 27.3. The quantitative estimate of drug-likeness (QED) is 0.306. The van der Waals surface area contributed by atoms with Gasteiger partial charge < -0.3 is 10.4 Å². The SMILES string of the molecule is C[C@H](CCC(=O)NCC(=O)NS(=O)(=O)c1cccc(Cl)c1Cl)[C@H]1CC[C@H]2[C@@H]3CC[C@@H]4C[C@@H](O)CC[C@]4(C)[C@H]3CC[C@]12C. The van der Waals surface area contributed by atoms with Crippen LogP contribution in [0.3, 0.4) is 0 Å². The van der Waals surface area contributed by atoms with E-state index in [2.05, 4.69) is 26.1 Å². The average molecular weight is 642 g/mol. The number of rotatable bonds is 8. The van der Waals surface area contributed by atoms with E-state index >= 15 is 0 Å². The van der Waals surface area contributed by atoms with Gasteiger partial charge in [0.05, 0.1) is 22.7 Å². The van der Waals surface area contributed by atoms with E-state index in [1.165, 1.54) is 56.7 Å². The molecule has 0 aromatic heterocycles. The van der Waals surface area contributed by atoms with Gasteiger partial charge in [-0.25, -0.2) is 13.1 Å². The molecule has 0 saturated heterocycles. The molecule has 4 aliphatic carbocycles. The minimum Gasteiger partial charge on any atom is -0.393 e. The number of benzene rings is 1. The van der Waals surface area contributed by atoms with Crippen molar-refractivity contribution in [2.24, 2.45) is 46.3 Å². The minimum atomic E-state index is -4.22. The first-order chi connectivity index (χ1) is 19.8. The number of nitrogens with one attached hydrogen (secondary N) is 2. The molecule has 10 heteroatoms. The first-order valence-electron chi connectivity index (χ1n) is 15.7. The summed E-state index contributed by atoms with van der Waals surface area (Å²) >= 11 is 11.9. The smallest absolute Gasteiger partial charge is 0.265 e. The highest BCUT2D eigenvalue weighted by Crippen LogP contribution is 2.68. The average Bonchev–Trinajstić information content (AvgIpc) is 3.29. The van der Waals surface area contributed by atoms with E-state index in [1.807, 2.05) is 4.72 Å². The minimum absolute atomic E-state index is 0.0662. The molecule has 0 spiro atoms. The molecule has 5 rings (SSSR count). The van der Waals surface area contributed by atoms with Crippen LogP contribution in [-0.4, -0.2) is 38.0 Å². The van der Waals surface area contributed by atoms with E-state index in [9.17, 15) is 23.1 Å². The van der Waals surface area contributed by atoms with E-state index in [-0.39, 0.29) is 27.0 Å². The van der Waals surface area contributed by atoms with Crippen molar-refractivity contribution in [2.75, 3.05) is 6.54 Å². The van der Waals surface area contributed by atoms with Crippen LogP contribution >= 0.6 is 23.2 Å².